The Bertz CT molecular complexity index is 282. The third-order valence-electron chi connectivity index (χ3n) is 3.28. The molecule has 2 amide bonds. The minimum absolute atomic E-state index is 0.0232. The first kappa shape index (κ1) is 10.4. The van der Waals surface area contributed by atoms with E-state index in [4.69, 9.17) is 5.73 Å². The van der Waals surface area contributed by atoms with E-state index < -0.39 is 0 Å². The van der Waals surface area contributed by atoms with Gasteiger partial charge in [-0.1, -0.05) is 6.92 Å². The Morgan fingerprint density at radius 3 is 2.73 bits per heavy atom. The fraction of sp³-hybridized carbons (Fsp3) is 0.800. The van der Waals surface area contributed by atoms with Gasteiger partial charge in [-0.2, -0.15) is 0 Å². The number of carbonyl (C=O) groups excluding carboxylic acids is 2. The van der Waals surface area contributed by atoms with Gasteiger partial charge in [0.25, 0.3) is 0 Å². The lowest BCUT2D eigenvalue weighted by atomic mass is 10.1. The molecule has 0 aromatic carbocycles. The fourth-order valence-electron chi connectivity index (χ4n) is 2.19. The molecule has 0 radical (unpaired) electrons. The first-order valence-electron chi connectivity index (χ1n) is 5.41. The largest absolute Gasteiger partial charge is 0.344 e. The van der Waals surface area contributed by atoms with E-state index in [-0.39, 0.29) is 23.9 Å². The van der Waals surface area contributed by atoms with Gasteiger partial charge in [0.2, 0.25) is 11.8 Å². The predicted octanol–water partition coefficient (Wildman–Crippen LogP) is -0.929. The quantitative estimate of drug-likeness (QED) is 0.588. The summed E-state index contributed by atoms with van der Waals surface area (Å²) in [6, 6.07) is -0.235. The Balaban J connectivity index is 1.94. The van der Waals surface area contributed by atoms with Crippen LogP contribution in [0.1, 0.15) is 19.8 Å². The van der Waals surface area contributed by atoms with Gasteiger partial charge in [0.05, 0.1) is 0 Å². The summed E-state index contributed by atoms with van der Waals surface area (Å²) in [5.41, 5.74) is 5.85. The van der Waals surface area contributed by atoms with Crippen molar-refractivity contribution < 1.29 is 9.59 Å². The highest BCUT2D eigenvalue weighted by Gasteiger charge is 2.36. The van der Waals surface area contributed by atoms with Gasteiger partial charge >= 0.3 is 0 Å². The molecule has 0 aliphatic carbocycles. The minimum Gasteiger partial charge on any atom is -0.344 e. The summed E-state index contributed by atoms with van der Waals surface area (Å²) in [5.74, 6) is 0.358. The molecule has 0 aromatic heterocycles. The van der Waals surface area contributed by atoms with E-state index in [0.717, 1.165) is 0 Å². The highest BCUT2D eigenvalue weighted by molar-refractivity contribution is 5.91. The summed E-state index contributed by atoms with van der Waals surface area (Å²) < 4.78 is 0. The van der Waals surface area contributed by atoms with Gasteiger partial charge in [0, 0.05) is 25.6 Å². The molecular formula is C10H17N3O2. The van der Waals surface area contributed by atoms with Gasteiger partial charge in [-0.05, 0) is 12.3 Å². The van der Waals surface area contributed by atoms with Crippen molar-refractivity contribution in [2.24, 2.45) is 11.7 Å². The van der Waals surface area contributed by atoms with Crippen LogP contribution < -0.4 is 11.1 Å². The second-order valence-corrected chi connectivity index (χ2v) is 4.54. The molecule has 3 atom stereocenters. The number of amides is 2. The number of rotatable bonds is 1. The molecule has 0 saturated carbocycles. The van der Waals surface area contributed by atoms with Crippen LogP contribution in [0.3, 0.4) is 0 Å². The van der Waals surface area contributed by atoms with Crippen LogP contribution in [0, 0.1) is 5.92 Å². The van der Waals surface area contributed by atoms with Crippen molar-refractivity contribution in [2.45, 2.75) is 31.8 Å². The Morgan fingerprint density at radius 1 is 1.53 bits per heavy atom. The summed E-state index contributed by atoms with van der Waals surface area (Å²) in [7, 11) is 0. The van der Waals surface area contributed by atoms with Crippen LogP contribution in [0.25, 0.3) is 0 Å². The maximum absolute atomic E-state index is 11.9. The van der Waals surface area contributed by atoms with Crippen molar-refractivity contribution >= 4 is 11.8 Å². The van der Waals surface area contributed by atoms with E-state index in [1.807, 2.05) is 6.92 Å². The molecule has 0 spiro atoms. The second-order valence-electron chi connectivity index (χ2n) is 4.54. The number of hydrogen-bond donors (Lipinski definition) is 2. The molecule has 84 valence electrons. The van der Waals surface area contributed by atoms with E-state index >= 15 is 0 Å². The Labute approximate surface area is 89.0 Å². The van der Waals surface area contributed by atoms with Crippen molar-refractivity contribution in [2.75, 3.05) is 13.1 Å². The SMILES string of the molecule is CC1CN(C(=O)[C@@H]2CCC(=O)N2)CC1N. The first-order valence-corrected chi connectivity index (χ1v) is 5.41. The molecule has 0 aromatic rings. The van der Waals surface area contributed by atoms with E-state index in [1.54, 1.807) is 4.90 Å². The molecule has 2 aliphatic rings. The molecule has 3 N–H and O–H groups in total. The van der Waals surface area contributed by atoms with E-state index in [2.05, 4.69) is 5.32 Å². The number of carbonyl (C=O) groups is 2. The monoisotopic (exact) mass is 211 g/mol. The second kappa shape index (κ2) is 3.81. The third kappa shape index (κ3) is 1.97. The average Bonchev–Trinajstić information content (AvgIpc) is 2.74. The maximum Gasteiger partial charge on any atom is 0.245 e. The van der Waals surface area contributed by atoms with Crippen LogP contribution in [0.5, 0.6) is 0 Å². The van der Waals surface area contributed by atoms with E-state index in [0.29, 0.717) is 31.8 Å². The van der Waals surface area contributed by atoms with Crippen molar-refractivity contribution in [1.82, 2.24) is 10.2 Å². The smallest absolute Gasteiger partial charge is 0.245 e. The number of nitrogens with one attached hydrogen (secondary N) is 1. The molecule has 2 saturated heterocycles. The number of nitrogens with two attached hydrogens (primary N) is 1. The molecule has 2 unspecified atom stereocenters. The zero-order valence-electron chi connectivity index (χ0n) is 8.90. The maximum atomic E-state index is 11.9. The summed E-state index contributed by atoms with van der Waals surface area (Å²) in [6.45, 7) is 3.38. The summed E-state index contributed by atoms with van der Waals surface area (Å²) in [6.07, 6.45) is 1.09. The topological polar surface area (TPSA) is 75.4 Å². The number of nitrogens with zero attached hydrogens (tertiary/aromatic N) is 1. The predicted molar refractivity (Wildman–Crippen MR) is 54.9 cm³/mol. The number of hydrogen-bond acceptors (Lipinski definition) is 3. The molecule has 0 bridgehead atoms. The van der Waals surface area contributed by atoms with Crippen LogP contribution in [0.4, 0.5) is 0 Å². The van der Waals surface area contributed by atoms with Gasteiger partial charge in [0.1, 0.15) is 6.04 Å². The van der Waals surface area contributed by atoms with Crippen LogP contribution in [0.2, 0.25) is 0 Å². The fourth-order valence-corrected chi connectivity index (χ4v) is 2.19. The molecule has 15 heavy (non-hydrogen) atoms. The van der Waals surface area contributed by atoms with Gasteiger partial charge in [-0.15, -0.1) is 0 Å². The van der Waals surface area contributed by atoms with Crippen molar-refractivity contribution in [3.8, 4) is 0 Å². The van der Waals surface area contributed by atoms with Gasteiger partial charge in [-0.25, -0.2) is 0 Å². The van der Waals surface area contributed by atoms with Crippen LogP contribution in [-0.4, -0.2) is 41.9 Å². The lowest BCUT2D eigenvalue weighted by molar-refractivity contribution is -0.133. The molecule has 2 fully saturated rings. The lowest BCUT2D eigenvalue weighted by Crippen LogP contribution is -2.44. The Morgan fingerprint density at radius 2 is 2.27 bits per heavy atom. The van der Waals surface area contributed by atoms with Gasteiger partial charge in [-0.3, -0.25) is 9.59 Å². The Kier molecular flexibility index (Phi) is 2.65. The number of likely N-dealkylation sites (tertiary alicyclic amines) is 1. The zero-order chi connectivity index (χ0) is 11.0. The van der Waals surface area contributed by atoms with Crippen LogP contribution >= 0.6 is 0 Å². The van der Waals surface area contributed by atoms with E-state index in [9.17, 15) is 9.59 Å². The van der Waals surface area contributed by atoms with Gasteiger partial charge < -0.3 is 16.0 Å². The van der Waals surface area contributed by atoms with E-state index in [1.165, 1.54) is 0 Å². The van der Waals surface area contributed by atoms with Crippen LogP contribution in [-0.2, 0) is 9.59 Å². The molecule has 2 aliphatic heterocycles. The van der Waals surface area contributed by atoms with Crippen molar-refractivity contribution in [3.63, 3.8) is 0 Å². The highest BCUT2D eigenvalue weighted by atomic mass is 16.2. The third-order valence-corrected chi connectivity index (χ3v) is 3.28. The van der Waals surface area contributed by atoms with Crippen molar-refractivity contribution in [1.29, 1.82) is 0 Å². The van der Waals surface area contributed by atoms with Crippen molar-refractivity contribution in [3.05, 3.63) is 0 Å². The molecular weight excluding hydrogens is 194 g/mol. The highest BCUT2D eigenvalue weighted by Crippen LogP contribution is 2.18. The zero-order valence-corrected chi connectivity index (χ0v) is 8.90. The van der Waals surface area contributed by atoms with Crippen LogP contribution in [0.15, 0.2) is 0 Å². The molecule has 5 nitrogen and oxygen atoms in total. The summed E-state index contributed by atoms with van der Waals surface area (Å²) in [5, 5.41) is 2.69. The standard InChI is InChI=1S/C10H17N3O2/c1-6-4-13(5-7(6)11)10(15)8-2-3-9(14)12-8/h6-8H,2-5,11H2,1H3,(H,12,14)/t6?,7?,8-/m0/s1. The first-order chi connectivity index (χ1) is 7.08. The minimum atomic E-state index is -0.310. The van der Waals surface area contributed by atoms with Gasteiger partial charge in [0.15, 0.2) is 0 Å². The summed E-state index contributed by atoms with van der Waals surface area (Å²) in [4.78, 5) is 24.7. The Hall–Kier alpha value is -1.10. The molecule has 2 rings (SSSR count). The lowest BCUT2D eigenvalue weighted by Gasteiger charge is -2.20. The normalized spacial score (nSPS) is 35.7. The summed E-state index contributed by atoms with van der Waals surface area (Å²) >= 11 is 0. The molecule has 2 heterocycles. The average molecular weight is 211 g/mol. The molecule has 5 heteroatoms.